The molecule has 0 aliphatic heterocycles. The molecular formula is C13H28O2. The Morgan fingerprint density at radius 1 is 0.867 bits per heavy atom. The van der Waals surface area contributed by atoms with Crippen molar-refractivity contribution in [3.8, 4) is 0 Å². The summed E-state index contributed by atoms with van der Waals surface area (Å²) in [5.41, 5.74) is 0. The van der Waals surface area contributed by atoms with Crippen LogP contribution in [-0.4, -0.2) is 22.9 Å². The van der Waals surface area contributed by atoms with Gasteiger partial charge in [-0.25, -0.2) is 0 Å². The summed E-state index contributed by atoms with van der Waals surface area (Å²) >= 11 is 0. The number of aliphatic hydroxyl groups excluding tert-OH is 2. The van der Waals surface area contributed by atoms with Gasteiger partial charge < -0.3 is 10.2 Å². The Labute approximate surface area is 94.7 Å². The highest BCUT2D eigenvalue weighted by Gasteiger charge is 2.17. The van der Waals surface area contributed by atoms with Gasteiger partial charge in [0.1, 0.15) is 0 Å². The van der Waals surface area contributed by atoms with E-state index in [-0.39, 0.29) is 12.7 Å². The topological polar surface area (TPSA) is 40.5 Å². The summed E-state index contributed by atoms with van der Waals surface area (Å²) in [5.74, 6) is 0.406. The van der Waals surface area contributed by atoms with Crippen molar-refractivity contribution in [2.24, 2.45) is 5.92 Å². The lowest BCUT2D eigenvalue weighted by molar-refractivity contribution is 0.0810. The second-order valence-corrected chi connectivity index (χ2v) is 4.48. The average Bonchev–Trinajstić information content (AvgIpc) is 2.26. The van der Waals surface area contributed by atoms with E-state index in [0.29, 0.717) is 5.92 Å². The van der Waals surface area contributed by atoms with Crippen molar-refractivity contribution in [2.75, 3.05) is 6.61 Å². The highest BCUT2D eigenvalue weighted by Crippen LogP contribution is 2.22. The van der Waals surface area contributed by atoms with E-state index in [4.69, 9.17) is 5.11 Å². The van der Waals surface area contributed by atoms with E-state index in [2.05, 4.69) is 13.8 Å². The van der Waals surface area contributed by atoms with Crippen LogP contribution < -0.4 is 0 Å². The van der Waals surface area contributed by atoms with Crippen LogP contribution in [0.15, 0.2) is 0 Å². The predicted molar refractivity (Wildman–Crippen MR) is 64.9 cm³/mol. The van der Waals surface area contributed by atoms with Gasteiger partial charge in [-0.3, -0.25) is 0 Å². The lowest BCUT2D eigenvalue weighted by Gasteiger charge is -2.22. The minimum absolute atomic E-state index is 0.150. The lowest BCUT2D eigenvalue weighted by atomic mass is 9.89. The van der Waals surface area contributed by atoms with E-state index in [9.17, 15) is 5.11 Å². The van der Waals surface area contributed by atoms with Gasteiger partial charge in [0.05, 0.1) is 6.10 Å². The van der Waals surface area contributed by atoms with Crippen LogP contribution in [0.2, 0.25) is 0 Å². The van der Waals surface area contributed by atoms with Crippen LogP contribution in [0.3, 0.4) is 0 Å². The molecule has 0 spiro atoms. The third kappa shape index (κ3) is 7.80. The second kappa shape index (κ2) is 10.4. The molecule has 0 bridgehead atoms. The third-order valence-electron chi connectivity index (χ3n) is 3.06. The largest absolute Gasteiger partial charge is 0.396 e. The van der Waals surface area contributed by atoms with Gasteiger partial charge in [0.15, 0.2) is 0 Å². The Bertz CT molecular complexity index is 118. The van der Waals surface area contributed by atoms with Crippen molar-refractivity contribution >= 4 is 0 Å². The molecule has 2 heteroatoms. The molecule has 0 amide bonds. The van der Waals surface area contributed by atoms with Crippen LogP contribution in [0.4, 0.5) is 0 Å². The van der Waals surface area contributed by atoms with Gasteiger partial charge >= 0.3 is 0 Å². The van der Waals surface area contributed by atoms with Crippen molar-refractivity contribution in [3.63, 3.8) is 0 Å². The summed E-state index contributed by atoms with van der Waals surface area (Å²) in [5, 5.41) is 18.8. The maximum Gasteiger partial charge on any atom is 0.0568 e. The van der Waals surface area contributed by atoms with Crippen molar-refractivity contribution in [3.05, 3.63) is 0 Å². The maximum absolute atomic E-state index is 10.0. The van der Waals surface area contributed by atoms with Crippen LogP contribution in [0.25, 0.3) is 0 Å². The van der Waals surface area contributed by atoms with Gasteiger partial charge in [0.2, 0.25) is 0 Å². The fourth-order valence-electron chi connectivity index (χ4n) is 2.00. The highest BCUT2D eigenvalue weighted by atomic mass is 16.3. The molecule has 0 aromatic heterocycles. The number of hydrogen-bond acceptors (Lipinski definition) is 2. The molecule has 0 aliphatic carbocycles. The summed E-state index contributed by atoms with van der Waals surface area (Å²) < 4.78 is 0. The van der Waals surface area contributed by atoms with E-state index < -0.39 is 0 Å². The van der Waals surface area contributed by atoms with Crippen LogP contribution >= 0.6 is 0 Å². The molecule has 2 unspecified atom stereocenters. The zero-order valence-electron chi connectivity index (χ0n) is 10.4. The van der Waals surface area contributed by atoms with Crippen molar-refractivity contribution in [2.45, 2.75) is 71.3 Å². The lowest BCUT2D eigenvalue weighted by Crippen LogP contribution is -2.20. The van der Waals surface area contributed by atoms with Gasteiger partial charge in [-0.15, -0.1) is 0 Å². The normalized spacial score (nSPS) is 15.2. The Morgan fingerprint density at radius 2 is 1.40 bits per heavy atom. The standard InChI is InChI=1S/C13H28O2/c1-3-5-8-12(9-7-11-14)13(15)10-6-4-2/h12-15H,3-11H2,1-2H3. The fraction of sp³-hybridized carbons (Fsp3) is 1.00. The minimum atomic E-state index is -0.150. The monoisotopic (exact) mass is 216 g/mol. The number of unbranched alkanes of at least 4 members (excludes halogenated alkanes) is 2. The van der Waals surface area contributed by atoms with E-state index in [1.807, 2.05) is 0 Å². The third-order valence-corrected chi connectivity index (χ3v) is 3.06. The SMILES string of the molecule is CCCCC(O)C(CCCC)CCCO. The molecule has 2 atom stereocenters. The van der Waals surface area contributed by atoms with Gasteiger partial charge in [-0.2, -0.15) is 0 Å². The van der Waals surface area contributed by atoms with E-state index >= 15 is 0 Å². The first-order chi connectivity index (χ1) is 7.26. The fourth-order valence-corrected chi connectivity index (χ4v) is 2.00. The molecule has 0 fully saturated rings. The Kier molecular flexibility index (Phi) is 10.4. The van der Waals surface area contributed by atoms with Gasteiger partial charge in [-0.05, 0) is 31.6 Å². The van der Waals surface area contributed by atoms with Gasteiger partial charge in [0.25, 0.3) is 0 Å². The molecule has 0 aromatic carbocycles. The van der Waals surface area contributed by atoms with Gasteiger partial charge in [0, 0.05) is 6.61 Å². The summed E-state index contributed by atoms with van der Waals surface area (Å²) in [7, 11) is 0. The highest BCUT2D eigenvalue weighted by molar-refractivity contribution is 4.69. The number of aliphatic hydroxyl groups is 2. The van der Waals surface area contributed by atoms with E-state index in [1.165, 1.54) is 12.8 Å². The summed E-state index contributed by atoms with van der Waals surface area (Å²) in [6.07, 6.45) is 8.34. The first-order valence-electron chi connectivity index (χ1n) is 6.55. The minimum Gasteiger partial charge on any atom is -0.396 e. The van der Waals surface area contributed by atoms with Crippen LogP contribution in [-0.2, 0) is 0 Å². The average molecular weight is 216 g/mol. The zero-order valence-corrected chi connectivity index (χ0v) is 10.4. The quantitative estimate of drug-likeness (QED) is 0.589. The molecule has 0 saturated carbocycles. The van der Waals surface area contributed by atoms with Crippen molar-refractivity contribution < 1.29 is 10.2 Å². The number of rotatable bonds is 10. The first kappa shape index (κ1) is 14.9. The summed E-state index contributed by atoms with van der Waals surface area (Å²) in [6, 6.07) is 0. The Morgan fingerprint density at radius 3 is 1.93 bits per heavy atom. The van der Waals surface area contributed by atoms with Crippen molar-refractivity contribution in [1.29, 1.82) is 0 Å². The molecule has 0 heterocycles. The predicted octanol–water partition coefficient (Wildman–Crippen LogP) is 3.12. The molecule has 0 aromatic rings. The molecule has 2 nitrogen and oxygen atoms in total. The van der Waals surface area contributed by atoms with Crippen LogP contribution in [0, 0.1) is 5.92 Å². The van der Waals surface area contributed by atoms with Crippen LogP contribution in [0.5, 0.6) is 0 Å². The number of hydrogen-bond donors (Lipinski definition) is 2. The summed E-state index contributed by atoms with van der Waals surface area (Å²) in [4.78, 5) is 0. The molecule has 0 rings (SSSR count). The van der Waals surface area contributed by atoms with E-state index in [0.717, 1.165) is 38.5 Å². The first-order valence-corrected chi connectivity index (χ1v) is 6.55. The maximum atomic E-state index is 10.0. The summed E-state index contributed by atoms with van der Waals surface area (Å²) in [6.45, 7) is 4.59. The Balaban J connectivity index is 3.84. The smallest absolute Gasteiger partial charge is 0.0568 e. The van der Waals surface area contributed by atoms with Crippen molar-refractivity contribution in [1.82, 2.24) is 0 Å². The molecule has 0 aliphatic rings. The molecule has 0 saturated heterocycles. The second-order valence-electron chi connectivity index (χ2n) is 4.48. The molecule has 2 N–H and O–H groups in total. The molecular weight excluding hydrogens is 188 g/mol. The molecule has 15 heavy (non-hydrogen) atoms. The molecule has 0 radical (unpaired) electrons. The van der Waals surface area contributed by atoms with E-state index in [1.54, 1.807) is 0 Å². The van der Waals surface area contributed by atoms with Crippen LogP contribution in [0.1, 0.15) is 65.2 Å². The molecule has 92 valence electrons. The van der Waals surface area contributed by atoms with Gasteiger partial charge in [-0.1, -0.05) is 39.5 Å². The zero-order chi connectivity index (χ0) is 11.5. The Hall–Kier alpha value is -0.0800.